The molecule has 1 heterocycles. The number of aromatic nitrogens is 2. The summed E-state index contributed by atoms with van der Waals surface area (Å²) in [6.07, 6.45) is 1.54. The van der Waals surface area contributed by atoms with Gasteiger partial charge in [0.05, 0.1) is 17.3 Å². The highest BCUT2D eigenvalue weighted by Crippen LogP contribution is 2.23. The van der Waals surface area contributed by atoms with E-state index in [9.17, 15) is 8.42 Å². The number of nitrogen functional groups attached to an aromatic ring is 1. The number of nitrogens with two attached hydrogens (primary N) is 1. The van der Waals surface area contributed by atoms with Crippen molar-refractivity contribution in [1.29, 1.82) is 0 Å². The average molecular weight is 287 g/mol. The molecule has 96 valence electrons. The molecule has 1 aromatic carbocycles. The van der Waals surface area contributed by atoms with Crippen LogP contribution in [0.1, 0.15) is 5.69 Å². The first-order chi connectivity index (χ1) is 8.49. The van der Waals surface area contributed by atoms with Crippen molar-refractivity contribution in [3.8, 4) is 0 Å². The van der Waals surface area contributed by atoms with Gasteiger partial charge in [-0.05, 0) is 24.3 Å². The minimum absolute atomic E-state index is 0.00196. The van der Waals surface area contributed by atoms with Crippen LogP contribution >= 0.6 is 11.6 Å². The summed E-state index contributed by atoms with van der Waals surface area (Å²) in [7, 11) is -3.67. The summed E-state index contributed by atoms with van der Waals surface area (Å²) >= 11 is 5.86. The summed E-state index contributed by atoms with van der Waals surface area (Å²) in [6, 6.07) is 5.92. The van der Waals surface area contributed by atoms with Gasteiger partial charge >= 0.3 is 0 Å². The van der Waals surface area contributed by atoms with E-state index < -0.39 is 10.0 Å². The molecule has 0 atom stereocenters. The van der Waals surface area contributed by atoms with Gasteiger partial charge in [-0.1, -0.05) is 11.6 Å². The zero-order valence-corrected chi connectivity index (χ0v) is 10.8. The number of hydrogen-bond acceptors (Lipinski definition) is 4. The van der Waals surface area contributed by atoms with E-state index in [-0.39, 0.29) is 16.5 Å². The van der Waals surface area contributed by atoms with Crippen LogP contribution in [0.3, 0.4) is 0 Å². The highest BCUT2D eigenvalue weighted by molar-refractivity contribution is 7.89. The second kappa shape index (κ2) is 4.97. The monoisotopic (exact) mass is 286 g/mol. The van der Waals surface area contributed by atoms with Crippen molar-refractivity contribution in [3.05, 3.63) is 41.2 Å². The highest BCUT2D eigenvalue weighted by Gasteiger charge is 2.17. The Balaban J connectivity index is 2.20. The van der Waals surface area contributed by atoms with Gasteiger partial charge in [-0.15, -0.1) is 0 Å². The molecule has 1 aromatic heterocycles. The summed E-state index contributed by atoms with van der Waals surface area (Å²) in [6.45, 7) is 0.114. The van der Waals surface area contributed by atoms with Gasteiger partial charge in [-0.25, -0.2) is 13.1 Å². The lowest BCUT2D eigenvalue weighted by atomic mass is 10.3. The first-order valence-electron chi connectivity index (χ1n) is 5.02. The van der Waals surface area contributed by atoms with Crippen molar-refractivity contribution in [2.24, 2.45) is 0 Å². The van der Waals surface area contributed by atoms with Gasteiger partial charge in [0.1, 0.15) is 4.90 Å². The van der Waals surface area contributed by atoms with Gasteiger partial charge in [0.15, 0.2) is 0 Å². The summed E-state index contributed by atoms with van der Waals surface area (Å²) in [5, 5.41) is 6.47. The second-order valence-corrected chi connectivity index (χ2v) is 5.74. The third kappa shape index (κ3) is 2.81. The van der Waals surface area contributed by atoms with Crippen LogP contribution in [0.25, 0.3) is 0 Å². The normalized spacial score (nSPS) is 11.6. The van der Waals surface area contributed by atoms with E-state index >= 15 is 0 Å². The highest BCUT2D eigenvalue weighted by atomic mass is 35.5. The Morgan fingerprint density at radius 2 is 2.17 bits per heavy atom. The van der Waals surface area contributed by atoms with Gasteiger partial charge in [-0.2, -0.15) is 5.10 Å². The fourth-order valence-corrected chi connectivity index (χ4v) is 2.93. The van der Waals surface area contributed by atoms with E-state index in [1.54, 1.807) is 12.3 Å². The van der Waals surface area contributed by atoms with Crippen LogP contribution in [0, 0.1) is 0 Å². The summed E-state index contributed by atoms with van der Waals surface area (Å²) in [5.41, 5.74) is 6.58. The predicted molar refractivity (Wildman–Crippen MR) is 68.5 cm³/mol. The van der Waals surface area contributed by atoms with E-state index in [0.29, 0.717) is 11.4 Å². The Morgan fingerprint density at radius 1 is 1.39 bits per heavy atom. The summed E-state index contributed by atoms with van der Waals surface area (Å²) in [4.78, 5) is -0.00196. The Morgan fingerprint density at radius 3 is 2.78 bits per heavy atom. The Hall–Kier alpha value is -1.57. The van der Waals surface area contributed by atoms with Crippen LogP contribution in [0.4, 0.5) is 5.69 Å². The molecule has 0 bridgehead atoms. The van der Waals surface area contributed by atoms with Gasteiger partial charge in [0.25, 0.3) is 0 Å². The third-order valence-corrected chi connectivity index (χ3v) is 4.14. The molecular weight excluding hydrogens is 276 g/mol. The van der Waals surface area contributed by atoms with E-state index in [1.165, 1.54) is 18.2 Å². The molecule has 0 spiro atoms. The number of anilines is 1. The number of halogens is 1. The molecule has 18 heavy (non-hydrogen) atoms. The van der Waals surface area contributed by atoms with Crippen molar-refractivity contribution < 1.29 is 8.42 Å². The van der Waals surface area contributed by atoms with Gasteiger partial charge in [0.2, 0.25) is 10.0 Å². The molecule has 2 aromatic rings. The van der Waals surface area contributed by atoms with Crippen LogP contribution < -0.4 is 10.5 Å². The summed E-state index contributed by atoms with van der Waals surface area (Å²) in [5.74, 6) is 0. The lowest BCUT2D eigenvalue weighted by Gasteiger charge is -2.07. The van der Waals surface area contributed by atoms with E-state index in [0.717, 1.165) is 0 Å². The molecule has 0 amide bonds. The van der Waals surface area contributed by atoms with Crippen molar-refractivity contribution >= 4 is 27.3 Å². The van der Waals surface area contributed by atoms with Crippen molar-refractivity contribution in [3.63, 3.8) is 0 Å². The number of rotatable bonds is 4. The number of benzene rings is 1. The lowest BCUT2D eigenvalue weighted by molar-refractivity contribution is 0.580. The van der Waals surface area contributed by atoms with Crippen LogP contribution in [-0.4, -0.2) is 18.6 Å². The zero-order valence-electron chi connectivity index (χ0n) is 9.22. The molecule has 0 aliphatic heterocycles. The zero-order chi connectivity index (χ0) is 13.2. The number of sulfonamides is 1. The van der Waals surface area contributed by atoms with Gasteiger partial charge < -0.3 is 5.73 Å². The minimum Gasteiger partial charge on any atom is -0.399 e. The Kier molecular flexibility index (Phi) is 3.55. The van der Waals surface area contributed by atoms with Gasteiger partial charge in [-0.3, -0.25) is 5.10 Å². The van der Waals surface area contributed by atoms with E-state index in [1.807, 2.05) is 0 Å². The van der Waals surface area contributed by atoms with Crippen LogP contribution in [-0.2, 0) is 16.6 Å². The SMILES string of the molecule is Nc1ccc(S(=O)(=O)NCc2ccn[nH]2)c(Cl)c1. The number of aromatic amines is 1. The number of H-pyrrole nitrogens is 1. The molecule has 8 heteroatoms. The molecule has 6 nitrogen and oxygen atoms in total. The molecule has 0 unspecified atom stereocenters. The number of hydrogen-bond donors (Lipinski definition) is 3. The molecule has 0 aliphatic carbocycles. The maximum atomic E-state index is 12.0. The molecular formula is C10H11ClN4O2S. The maximum Gasteiger partial charge on any atom is 0.242 e. The van der Waals surface area contributed by atoms with Crippen LogP contribution in [0.5, 0.6) is 0 Å². The molecule has 0 fully saturated rings. The molecule has 0 saturated heterocycles. The standard InChI is InChI=1S/C10H11ClN4O2S/c11-9-5-7(12)1-2-10(9)18(16,17)14-6-8-3-4-13-15-8/h1-5,14H,6,12H2,(H,13,15). The maximum absolute atomic E-state index is 12.0. The molecule has 0 saturated carbocycles. The Bertz CT molecular complexity index is 640. The fourth-order valence-electron chi connectivity index (χ4n) is 1.37. The molecule has 2 rings (SSSR count). The predicted octanol–water partition coefficient (Wildman–Crippen LogP) is 1.12. The van der Waals surface area contributed by atoms with E-state index in [2.05, 4.69) is 14.9 Å². The second-order valence-electron chi connectivity index (χ2n) is 3.60. The largest absolute Gasteiger partial charge is 0.399 e. The number of nitrogens with one attached hydrogen (secondary N) is 2. The first kappa shape index (κ1) is 12.9. The lowest BCUT2D eigenvalue weighted by Crippen LogP contribution is -2.23. The van der Waals surface area contributed by atoms with Crippen LogP contribution in [0.15, 0.2) is 35.4 Å². The smallest absolute Gasteiger partial charge is 0.242 e. The van der Waals surface area contributed by atoms with Crippen molar-refractivity contribution in [1.82, 2.24) is 14.9 Å². The van der Waals surface area contributed by atoms with Crippen molar-refractivity contribution in [2.75, 3.05) is 5.73 Å². The topological polar surface area (TPSA) is 101 Å². The number of nitrogens with zero attached hydrogens (tertiary/aromatic N) is 1. The molecule has 0 aliphatic rings. The van der Waals surface area contributed by atoms with Crippen LogP contribution in [0.2, 0.25) is 5.02 Å². The minimum atomic E-state index is -3.67. The van der Waals surface area contributed by atoms with Gasteiger partial charge in [0, 0.05) is 11.9 Å². The third-order valence-electron chi connectivity index (χ3n) is 2.26. The quantitative estimate of drug-likeness (QED) is 0.733. The van der Waals surface area contributed by atoms with E-state index in [4.69, 9.17) is 17.3 Å². The Labute approximate surface area is 109 Å². The summed E-state index contributed by atoms with van der Waals surface area (Å²) < 4.78 is 26.4. The average Bonchev–Trinajstić information content (AvgIpc) is 2.78. The fraction of sp³-hybridized carbons (Fsp3) is 0.100. The molecule has 0 radical (unpaired) electrons. The molecule has 4 N–H and O–H groups in total. The first-order valence-corrected chi connectivity index (χ1v) is 6.88. The van der Waals surface area contributed by atoms with Crippen molar-refractivity contribution in [2.45, 2.75) is 11.4 Å².